The highest BCUT2D eigenvalue weighted by molar-refractivity contribution is 6.02. The van der Waals surface area contributed by atoms with Gasteiger partial charge in [0.15, 0.2) is 0 Å². The molecule has 2 aromatic heterocycles. The number of anilines is 2. The molecule has 5 rings (SSSR count). The Kier molecular flexibility index (Phi) is 6.00. The fraction of sp³-hybridized carbons (Fsp3) is 0.423. The number of hydrogen-bond acceptors (Lipinski definition) is 6. The maximum atomic E-state index is 12.2. The van der Waals surface area contributed by atoms with Crippen LogP contribution in [0.3, 0.4) is 0 Å². The third-order valence-electron chi connectivity index (χ3n) is 7.40. The molecule has 1 aromatic carbocycles. The Hall–Kier alpha value is -3.39. The summed E-state index contributed by atoms with van der Waals surface area (Å²) < 4.78 is 7.65. The van der Waals surface area contributed by atoms with Crippen LogP contribution in [-0.4, -0.2) is 64.7 Å². The van der Waals surface area contributed by atoms with Gasteiger partial charge in [-0.05, 0) is 43.0 Å². The monoisotopic (exact) mass is 460 g/mol. The Bertz CT molecular complexity index is 1210. The van der Waals surface area contributed by atoms with E-state index < -0.39 is 0 Å². The Morgan fingerprint density at radius 2 is 1.94 bits per heavy atom. The smallest absolute Gasteiger partial charge is 0.245 e. The predicted molar refractivity (Wildman–Crippen MR) is 135 cm³/mol. The van der Waals surface area contributed by atoms with Gasteiger partial charge >= 0.3 is 0 Å². The van der Waals surface area contributed by atoms with E-state index in [-0.39, 0.29) is 11.8 Å². The van der Waals surface area contributed by atoms with E-state index in [0.29, 0.717) is 24.9 Å². The average Bonchev–Trinajstić information content (AvgIpc) is 3.47. The van der Waals surface area contributed by atoms with Gasteiger partial charge in [-0.1, -0.05) is 18.7 Å². The van der Waals surface area contributed by atoms with Crippen LogP contribution in [0.5, 0.6) is 0 Å². The second-order valence-electron chi connectivity index (χ2n) is 9.25. The van der Waals surface area contributed by atoms with Crippen LogP contribution in [0.25, 0.3) is 22.2 Å². The van der Waals surface area contributed by atoms with Gasteiger partial charge in [-0.3, -0.25) is 4.79 Å². The Balaban J connectivity index is 1.55. The van der Waals surface area contributed by atoms with Crippen molar-refractivity contribution in [3.8, 4) is 11.1 Å². The molecule has 0 spiro atoms. The normalized spacial score (nSPS) is 19.0. The molecule has 2 N–H and O–H groups in total. The van der Waals surface area contributed by atoms with Crippen LogP contribution < -0.4 is 10.6 Å². The number of benzene rings is 1. The van der Waals surface area contributed by atoms with E-state index >= 15 is 0 Å². The lowest BCUT2D eigenvalue weighted by molar-refractivity contribution is -0.125. The van der Waals surface area contributed by atoms with Crippen LogP contribution in [0, 0.1) is 0 Å². The number of carbonyl (C=O) groups is 1. The van der Waals surface area contributed by atoms with Crippen molar-refractivity contribution in [2.75, 3.05) is 44.0 Å². The minimum atomic E-state index is -0.0253. The fourth-order valence-corrected chi connectivity index (χ4v) is 5.52. The molecule has 8 heteroatoms. The average molecular weight is 461 g/mol. The molecule has 0 radical (unpaired) electrons. The third kappa shape index (κ3) is 3.81. The van der Waals surface area contributed by atoms with Crippen molar-refractivity contribution >= 4 is 28.4 Å². The molecule has 2 saturated heterocycles. The molecule has 1 amide bonds. The number of amides is 1. The predicted octanol–water partition coefficient (Wildman–Crippen LogP) is 3.33. The summed E-state index contributed by atoms with van der Waals surface area (Å²) in [6.45, 7) is 6.65. The van der Waals surface area contributed by atoms with Gasteiger partial charge in [0, 0.05) is 69.3 Å². The largest absolute Gasteiger partial charge is 0.383 e. The molecule has 0 aliphatic carbocycles. The van der Waals surface area contributed by atoms with Gasteiger partial charge in [0.1, 0.15) is 17.8 Å². The summed E-state index contributed by atoms with van der Waals surface area (Å²) in [4.78, 5) is 25.3. The molecule has 4 heterocycles. The standard InChI is InChI=1S/C26H32N6O2/c1-4-21(33)32-12-9-18(15-32)24-22(23-25(27)28-16-29-26(23)31(24)3)17-5-7-19(8-6-17)30(2)20-10-13-34-14-11-20/h4-8,16,18,20H,1,9-15H2,2-3H3,(H2,27,28,29). The minimum absolute atomic E-state index is 0.0253. The van der Waals surface area contributed by atoms with E-state index in [1.807, 2.05) is 11.9 Å². The molecule has 0 bridgehead atoms. The summed E-state index contributed by atoms with van der Waals surface area (Å²) in [6.07, 6.45) is 5.87. The number of hydrogen-bond donors (Lipinski definition) is 1. The van der Waals surface area contributed by atoms with Gasteiger partial charge in [-0.2, -0.15) is 0 Å². The van der Waals surface area contributed by atoms with Crippen molar-refractivity contribution in [1.29, 1.82) is 0 Å². The molecular formula is C26H32N6O2. The molecule has 2 fully saturated rings. The summed E-state index contributed by atoms with van der Waals surface area (Å²) in [5.41, 5.74) is 11.7. The number of likely N-dealkylation sites (tertiary alicyclic amines) is 1. The van der Waals surface area contributed by atoms with Gasteiger partial charge < -0.3 is 24.8 Å². The summed E-state index contributed by atoms with van der Waals surface area (Å²) in [5.74, 6) is 0.631. The van der Waals surface area contributed by atoms with Crippen molar-refractivity contribution in [2.45, 2.75) is 31.2 Å². The van der Waals surface area contributed by atoms with Gasteiger partial charge in [0.2, 0.25) is 5.91 Å². The Labute approximate surface area is 200 Å². The zero-order valence-corrected chi connectivity index (χ0v) is 19.9. The quantitative estimate of drug-likeness (QED) is 0.588. The number of nitrogens with zero attached hydrogens (tertiary/aromatic N) is 5. The van der Waals surface area contributed by atoms with Gasteiger partial charge in [0.05, 0.1) is 5.39 Å². The maximum Gasteiger partial charge on any atom is 0.245 e. The number of ether oxygens (including phenoxy) is 1. The van der Waals surface area contributed by atoms with Crippen LogP contribution in [-0.2, 0) is 16.6 Å². The number of rotatable bonds is 5. The molecule has 0 saturated carbocycles. The lowest BCUT2D eigenvalue weighted by Crippen LogP contribution is -2.36. The zero-order valence-electron chi connectivity index (χ0n) is 19.9. The van der Waals surface area contributed by atoms with E-state index in [1.54, 1.807) is 0 Å². The molecule has 8 nitrogen and oxygen atoms in total. The lowest BCUT2D eigenvalue weighted by Gasteiger charge is -2.33. The van der Waals surface area contributed by atoms with E-state index in [9.17, 15) is 4.79 Å². The molecule has 2 aliphatic rings. The first-order chi connectivity index (χ1) is 16.5. The van der Waals surface area contributed by atoms with E-state index in [0.717, 1.165) is 60.3 Å². The van der Waals surface area contributed by atoms with Gasteiger partial charge in [-0.25, -0.2) is 9.97 Å². The minimum Gasteiger partial charge on any atom is -0.383 e. The SMILES string of the molecule is C=CC(=O)N1CCC(c2c(-c3ccc(N(C)C4CCOCC4)cc3)c3c(N)ncnc3n2C)C1. The Morgan fingerprint density at radius 3 is 2.65 bits per heavy atom. The topological polar surface area (TPSA) is 89.5 Å². The summed E-state index contributed by atoms with van der Waals surface area (Å²) in [6, 6.07) is 9.17. The zero-order chi connectivity index (χ0) is 23.8. The highest BCUT2D eigenvalue weighted by Gasteiger charge is 2.32. The number of nitrogen functional groups attached to an aromatic ring is 1. The molecule has 1 unspecified atom stereocenters. The fourth-order valence-electron chi connectivity index (χ4n) is 5.52. The molecule has 34 heavy (non-hydrogen) atoms. The number of aryl methyl sites for hydroxylation is 1. The van der Waals surface area contributed by atoms with Crippen molar-refractivity contribution in [3.63, 3.8) is 0 Å². The van der Waals surface area contributed by atoms with Gasteiger partial charge in [0.25, 0.3) is 0 Å². The van der Waals surface area contributed by atoms with Crippen molar-refractivity contribution < 1.29 is 9.53 Å². The maximum absolute atomic E-state index is 12.2. The first kappa shape index (κ1) is 22.4. The highest BCUT2D eigenvalue weighted by Crippen LogP contribution is 2.42. The summed E-state index contributed by atoms with van der Waals surface area (Å²) in [7, 11) is 4.18. The van der Waals surface area contributed by atoms with Crippen LogP contribution >= 0.6 is 0 Å². The molecule has 3 aromatic rings. The Morgan fingerprint density at radius 1 is 1.21 bits per heavy atom. The number of carbonyl (C=O) groups excluding carboxylic acids is 1. The van der Waals surface area contributed by atoms with Crippen molar-refractivity contribution in [1.82, 2.24) is 19.4 Å². The van der Waals surface area contributed by atoms with Crippen molar-refractivity contribution in [2.24, 2.45) is 7.05 Å². The highest BCUT2D eigenvalue weighted by atomic mass is 16.5. The second kappa shape index (κ2) is 9.10. The molecule has 2 aliphatic heterocycles. The first-order valence-electron chi connectivity index (χ1n) is 11.9. The number of fused-ring (bicyclic) bond motifs is 1. The van der Waals surface area contributed by atoms with Gasteiger partial charge in [-0.15, -0.1) is 0 Å². The second-order valence-corrected chi connectivity index (χ2v) is 9.25. The van der Waals surface area contributed by atoms with E-state index in [1.165, 1.54) is 18.1 Å². The lowest BCUT2D eigenvalue weighted by atomic mass is 9.94. The number of aromatic nitrogens is 3. The summed E-state index contributed by atoms with van der Waals surface area (Å²) in [5, 5.41) is 0.874. The first-order valence-corrected chi connectivity index (χ1v) is 11.9. The number of nitrogens with two attached hydrogens (primary N) is 1. The third-order valence-corrected chi connectivity index (χ3v) is 7.40. The molecule has 1 atom stereocenters. The van der Waals surface area contributed by atoms with Crippen LogP contribution in [0.4, 0.5) is 11.5 Å². The van der Waals surface area contributed by atoms with Crippen LogP contribution in [0.1, 0.15) is 30.9 Å². The molecular weight excluding hydrogens is 428 g/mol. The van der Waals surface area contributed by atoms with E-state index in [4.69, 9.17) is 10.5 Å². The van der Waals surface area contributed by atoms with Crippen molar-refractivity contribution in [3.05, 3.63) is 48.9 Å². The van der Waals surface area contributed by atoms with E-state index in [2.05, 4.69) is 57.3 Å². The molecule has 178 valence electrons. The van der Waals surface area contributed by atoms with Crippen LogP contribution in [0.2, 0.25) is 0 Å². The van der Waals surface area contributed by atoms with Crippen LogP contribution in [0.15, 0.2) is 43.2 Å². The summed E-state index contributed by atoms with van der Waals surface area (Å²) >= 11 is 0.